The van der Waals surface area contributed by atoms with Crippen LogP contribution in [0.5, 0.6) is 0 Å². The second-order valence-electron chi connectivity index (χ2n) is 6.54. The highest BCUT2D eigenvalue weighted by atomic mass is 16.5. The van der Waals surface area contributed by atoms with E-state index in [0.717, 1.165) is 43.2 Å². The average Bonchev–Trinajstić information content (AvgIpc) is 3.19. The molecule has 6 heteroatoms. The SMILES string of the molecule is Cc1cc(CN2Cc3cccn3CC(OCc3cccnc3)C2)no1. The quantitative estimate of drug-likeness (QED) is 0.716. The highest BCUT2D eigenvalue weighted by molar-refractivity contribution is 5.11. The molecular weight excluding hydrogens is 316 g/mol. The largest absolute Gasteiger partial charge is 0.370 e. The van der Waals surface area contributed by atoms with Crippen molar-refractivity contribution in [3.63, 3.8) is 0 Å². The van der Waals surface area contributed by atoms with Crippen LogP contribution in [0.2, 0.25) is 0 Å². The van der Waals surface area contributed by atoms with Gasteiger partial charge >= 0.3 is 0 Å². The number of rotatable bonds is 5. The molecule has 4 rings (SSSR count). The van der Waals surface area contributed by atoms with Crippen LogP contribution < -0.4 is 0 Å². The van der Waals surface area contributed by atoms with Gasteiger partial charge in [0, 0.05) is 56.5 Å². The van der Waals surface area contributed by atoms with E-state index in [0.29, 0.717) is 6.61 Å². The van der Waals surface area contributed by atoms with Crippen molar-refractivity contribution in [3.8, 4) is 0 Å². The minimum atomic E-state index is 0.113. The minimum absolute atomic E-state index is 0.113. The molecule has 0 saturated heterocycles. The molecule has 130 valence electrons. The molecule has 1 aliphatic rings. The smallest absolute Gasteiger partial charge is 0.133 e. The van der Waals surface area contributed by atoms with Crippen molar-refractivity contribution in [1.29, 1.82) is 0 Å². The number of hydrogen-bond acceptors (Lipinski definition) is 5. The van der Waals surface area contributed by atoms with Gasteiger partial charge < -0.3 is 13.8 Å². The molecule has 1 atom stereocenters. The van der Waals surface area contributed by atoms with E-state index in [2.05, 4.69) is 37.9 Å². The number of fused-ring (bicyclic) bond motifs is 1. The Balaban J connectivity index is 1.47. The first-order valence-electron chi connectivity index (χ1n) is 8.55. The Morgan fingerprint density at radius 2 is 2.24 bits per heavy atom. The molecule has 0 saturated carbocycles. The molecule has 1 aliphatic heterocycles. The van der Waals surface area contributed by atoms with Crippen LogP contribution in [0.4, 0.5) is 0 Å². The standard InChI is InChI=1S/C19H22N4O2/c1-15-8-17(21-25-15)10-22-11-18-5-3-7-23(18)13-19(12-22)24-14-16-4-2-6-20-9-16/h2-9,19H,10-14H2,1H3. The van der Waals surface area contributed by atoms with Crippen LogP contribution in [0.15, 0.2) is 53.4 Å². The van der Waals surface area contributed by atoms with Gasteiger partial charge in [0.1, 0.15) is 5.76 Å². The fourth-order valence-electron chi connectivity index (χ4n) is 3.27. The van der Waals surface area contributed by atoms with Gasteiger partial charge in [-0.05, 0) is 30.7 Å². The van der Waals surface area contributed by atoms with Crippen LogP contribution in [-0.2, 0) is 31.0 Å². The first-order chi connectivity index (χ1) is 12.3. The molecule has 0 radical (unpaired) electrons. The van der Waals surface area contributed by atoms with Crippen LogP contribution in [0.3, 0.4) is 0 Å². The van der Waals surface area contributed by atoms with Crippen molar-refractivity contribution in [1.82, 2.24) is 19.6 Å². The molecule has 0 spiro atoms. The average molecular weight is 338 g/mol. The van der Waals surface area contributed by atoms with Crippen molar-refractivity contribution >= 4 is 0 Å². The molecule has 1 unspecified atom stereocenters. The monoisotopic (exact) mass is 338 g/mol. The number of hydrogen-bond donors (Lipinski definition) is 0. The summed E-state index contributed by atoms with van der Waals surface area (Å²) in [6.07, 6.45) is 5.87. The second kappa shape index (κ2) is 7.21. The summed E-state index contributed by atoms with van der Waals surface area (Å²) in [5.41, 5.74) is 3.36. The summed E-state index contributed by atoms with van der Waals surface area (Å²) in [6, 6.07) is 10.2. The summed E-state index contributed by atoms with van der Waals surface area (Å²) in [6.45, 7) is 5.85. The summed E-state index contributed by atoms with van der Waals surface area (Å²) in [4.78, 5) is 6.52. The van der Waals surface area contributed by atoms with E-state index in [-0.39, 0.29) is 6.10 Å². The van der Waals surface area contributed by atoms with Crippen LogP contribution in [0.25, 0.3) is 0 Å². The zero-order chi connectivity index (χ0) is 17.1. The summed E-state index contributed by atoms with van der Waals surface area (Å²) in [7, 11) is 0. The highest BCUT2D eigenvalue weighted by Gasteiger charge is 2.23. The number of nitrogens with zero attached hydrogens (tertiary/aromatic N) is 4. The molecule has 6 nitrogen and oxygen atoms in total. The third kappa shape index (κ3) is 3.97. The summed E-state index contributed by atoms with van der Waals surface area (Å²) in [5.74, 6) is 0.845. The van der Waals surface area contributed by atoms with Crippen LogP contribution in [0, 0.1) is 6.92 Å². The lowest BCUT2D eigenvalue weighted by atomic mass is 10.2. The zero-order valence-corrected chi connectivity index (χ0v) is 14.3. The predicted octanol–water partition coefficient (Wildman–Crippen LogP) is 2.78. The Labute approximate surface area is 147 Å². The molecule has 0 aliphatic carbocycles. The number of aryl methyl sites for hydroxylation is 1. The maximum atomic E-state index is 6.20. The van der Waals surface area contributed by atoms with Gasteiger partial charge in [-0.2, -0.15) is 0 Å². The first-order valence-corrected chi connectivity index (χ1v) is 8.55. The molecule has 25 heavy (non-hydrogen) atoms. The lowest BCUT2D eigenvalue weighted by Gasteiger charge is -2.23. The van der Waals surface area contributed by atoms with Gasteiger partial charge in [-0.15, -0.1) is 0 Å². The normalized spacial score (nSPS) is 18.0. The van der Waals surface area contributed by atoms with Crippen LogP contribution >= 0.6 is 0 Å². The number of ether oxygens (including phenoxy) is 1. The lowest BCUT2D eigenvalue weighted by molar-refractivity contribution is 0.00823. The van der Waals surface area contributed by atoms with E-state index in [9.17, 15) is 0 Å². The van der Waals surface area contributed by atoms with Gasteiger partial charge in [-0.25, -0.2) is 0 Å². The first kappa shape index (κ1) is 16.1. The Morgan fingerprint density at radius 3 is 3.04 bits per heavy atom. The summed E-state index contributed by atoms with van der Waals surface area (Å²) < 4.78 is 13.7. The minimum Gasteiger partial charge on any atom is -0.370 e. The van der Waals surface area contributed by atoms with Gasteiger partial charge in [0.15, 0.2) is 0 Å². The predicted molar refractivity (Wildman–Crippen MR) is 92.6 cm³/mol. The van der Waals surface area contributed by atoms with E-state index in [1.165, 1.54) is 5.69 Å². The Bertz CT molecular complexity index is 812. The van der Waals surface area contributed by atoms with E-state index < -0.39 is 0 Å². The van der Waals surface area contributed by atoms with Crippen molar-refractivity contribution < 1.29 is 9.26 Å². The summed E-state index contributed by atoms with van der Waals surface area (Å²) >= 11 is 0. The molecule has 0 amide bonds. The third-order valence-corrected chi connectivity index (χ3v) is 4.44. The Kier molecular flexibility index (Phi) is 4.63. The second-order valence-corrected chi connectivity index (χ2v) is 6.54. The molecule has 0 aromatic carbocycles. The maximum Gasteiger partial charge on any atom is 0.133 e. The molecule has 3 aromatic rings. The van der Waals surface area contributed by atoms with Gasteiger partial charge in [0.2, 0.25) is 0 Å². The Morgan fingerprint density at radius 1 is 1.28 bits per heavy atom. The number of aromatic nitrogens is 3. The van der Waals surface area contributed by atoms with Crippen molar-refractivity contribution in [3.05, 3.63) is 71.6 Å². The highest BCUT2D eigenvalue weighted by Crippen LogP contribution is 2.18. The lowest BCUT2D eigenvalue weighted by Crippen LogP contribution is -2.32. The van der Waals surface area contributed by atoms with E-state index in [1.807, 2.05) is 31.3 Å². The fraction of sp³-hybridized carbons (Fsp3) is 0.368. The van der Waals surface area contributed by atoms with E-state index in [1.54, 1.807) is 6.20 Å². The number of pyridine rings is 1. The molecule has 3 aromatic heterocycles. The molecule has 0 N–H and O–H groups in total. The fourth-order valence-corrected chi connectivity index (χ4v) is 3.27. The van der Waals surface area contributed by atoms with Crippen molar-refractivity contribution in [2.75, 3.05) is 6.54 Å². The van der Waals surface area contributed by atoms with Crippen molar-refractivity contribution in [2.24, 2.45) is 0 Å². The van der Waals surface area contributed by atoms with Gasteiger partial charge in [-0.3, -0.25) is 9.88 Å². The van der Waals surface area contributed by atoms with Gasteiger partial charge in [0.05, 0.1) is 18.4 Å². The topological polar surface area (TPSA) is 56.3 Å². The zero-order valence-electron chi connectivity index (χ0n) is 14.3. The van der Waals surface area contributed by atoms with Crippen LogP contribution in [-0.4, -0.2) is 32.3 Å². The molecule has 4 heterocycles. The van der Waals surface area contributed by atoms with Gasteiger partial charge in [-0.1, -0.05) is 11.2 Å². The maximum absolute atomic E-state index is 6.20. The Hall–Kier alpha value is -2.44. The molecule has 0 fully saturated rings. The van der Waals surface area contributed by atoms with E-state index >= 15 is 0 Å². The molecule has 0 bridgehead atoms. The third-order valence-electron chi connectivity index (χ3n) is 4.44. The van der Waals surface area contributed by atoms with Crippen molar-refractivity contribution in [2.45, 2.75) is 39.3 Å². The van der Waals surface area contributed by atoms with Gasteiger partial charge in [0.25, 0.3) is 0 Å². The summed E-state index contributed by atoms with van der Waals surface area (Å²) in [5, 5.41) is 4.13. The molecular formula is C19H22N4O2. The van der Waals surface area contributed by atoms with E-state index in [4.69, 9.17) is 9.26 Å². The van der Waals surface area contributed by atoms with Crippen LogP contribution in [0.1, 0.15) is 22.7 Å².